The lowest BCUT2D eigenvalue weighted by Gasteiger charge is -2.19. The number of H-pyrrole nitrogens is 1. The van der Waals surface area contributed by atoms with E-state index in [0.29, 0.717) is 31.4 Å². The molecule has 0 radical (unpaired) electrons. The monoisotopic (exact) mass is 612 g/mol. The van der Waals surface area contributed by atoms with E-state index in [2.05, 4.69) is 37.0 Å². The molecule has 2 unspecified atom stereocenters. The average Bonchev–Trinajstić information content (AvgIpc) is 3.56. The molecular weight excluding hydrogens is 579 g/mol. The molecule has 0 bridgehead atoms. The zero-order chi connectivity index (χ0) is 30.9. The number of aromatic amines is 1. The third-order valence-electron chi connectivity index (χ3n) is 6.32. The summed E-state index contributed by atoms with van der Waals surface area (Å²) in [7, 11) is -0.486. The van der Waals surface area contributed by atoms with Crippen molar-refractivity contribution in [2.24, 2.45) is 0 Å². The number of rotatable bonds is 14. The second kappa shape index (κ2) is 15.0. The highest BCUT2D eigenvalue weighted by Gasteiger charge is 2.41. The van der Waals surface area contributed by atoms with Crippen LogP contribution < -0.4 is 16.6 Å². The van der Waals surface area contributed by atoms with E-state index in [1.165, 1.54) is 26.6 Å². The fourth-order valence-electron chi connectivity index (χ4n) is 4.13. The van der Waals surface area contributed by atoms with Crippen molar-refractivity contribution < 1.29 is 42.7 Å². The molecular formula is C24H33N6O11P. The molecule has 4 N–H and O–H groups in total. The molecule has 17 nitrogen and oxygen atoms in total. The van der Waals surface area contributed by atoms with Gasteiger partial charge in [-0.2, -0.15) is 0 Å². The van der Waals surface area contributed by atoms with Crippen molar-refractivity contribution in [3.8, 4) is 11.8 Å². The number of nitrogens with one attached hydrogen (secondary N) is 2. The molecule has 2 aromatic heterocycles. The minimum Gasteiger partial charge on any atom is -0.480 e. The van der Waals surface area contributed by atoms with Crippen LogP contribution in [0.3, 0.4) is 0 Å². The number of carboxylic acids is 1. The zero-order valence-corrected chi connectivity index (χ0v) is 24.1. The van der Waals surface area contributed by atoms with Crippen LogP contribution in [-0.4, -0.2) is 86.5 Å². The van der Waals surface area contributed by atoms with E-state index in [1.807, 2.05) is 0 Å². The molecule has 0 aromatic carbocycles. The standard InChI is InChI=1S/C24H33N6O11P/c1-25-20(31)10-17(23(33)34)30-13-16(27-28-30)9-7-5-4-6-8-15-12-29(24(35)26-22(15)32)21-11-18(19(40-21)14-38-2)41-42(36,37)39-3/h12-13,17-19,21H,4-5,7,9-11,14H2,1-3H3,(H,25,31)(H,33,34)(H,36,37)(H,26,32,35)/t17-,18+,19?,21+/m0/s1. The number of carboxylic acid groups (broad SMARTS) is 1. The van der Waals surface area contributed by atoms with Crippen LogP contribution in [-0.2, 0) is 39.1 Å². The van der Waals surface area contributed by atoms with Gasteiger partial charge in [-0.3, -0.25) is 28.2 Å². The Morgan fingerprint density at radius 2 is 2.07 bits per heavy atom. The second-order valence-electron chi connectivity index (χ2n) is 9.25. The lowest BCUT2D eigenvalue weighted by molar-refractivity contribution is -0.143. The Labute approximate surface area is 239 Å². The van der Waals surface area contributed by atoms with Crippen LogP contribution in [0, 0.1) is 11.8 Å². The summed E-state index contributed by atoms with van der Waals surface area (Å²) in [6.45, 7) is 0.0160. The van der Waals surface area contributed by atoms with E-state index in [0.717, 1.165) is 16.4 Å². The number of aromatic nitrogens is 5. The van der Waals surface area contributed by atoms with E-state index in [4.69, 9.17) is 14.0 Å². The topological polar surface area (TPSA) is 226 Å². The molecule has 1 aliphatic heterocycles. The van der Waals surface area contributed by atoms with Crippen LogP contribution in [0.25, 0.3) is 0 Å². The number of ether oxygens (including phenoxy) is 2. The number of aryl methyl sites for hydroxylation is 1. The van der Waals surface area contributed by atoms with Crippen LogP contribution in [0.5, 0.6) is 0 Å². The van der Waals surface area contributed by atoms with E-state index < -0.39 is 55.4 Å². The number of carbonyl (C=O) groups is 2. The van der Waals surface area contributed by atoms with E-state index >= 15 is 0 Å². The Kier molecular flexibility index (Phi) is 11.7. The third kappa shape index (κ3) is 8.92. The molecule has 2 aromatic rings. The lowest BCUT2D eigenvalue weighted by atomic mass is 10.1. The summed E-state index contributed by atoms with van der Waals surface area (Å²) in [4.78, 5) is 59.8. The highest BCUT2D eigenvalue weighted by Crippen LogP contribution is 2.47. The third-order valence-corrected chi connectivity index (χ3v) is 7.31. The Bertz CT molecular complexity index is 1480. The SMILES string of the molecule is CNC(=O)C[C@@H](C(=O)O)n1cc(CCCCC#Cc2cn([C@H]3C[C@@H](OP(=O)(O)OC)C(COC)O3)c(=O)[nH]c2=O)nn1. The molecule has 3 rings (SSSR count). The van der Waals surface area contributed by atoms with Gasteiger partial charge in [-0.05, 0) is 19.3 Å². The average molecular weight is 613 g/mol. The van der Waals surface area contributed by atoms with Crippen molar-refractivity contribution >= 4 is 19.7 Å². The maximum Gasteiger partial charge on any atom is 0.472 e. The molecule has 5 atom stereocenters. The molecule has 42 heavy (non-hydrogen) atoms. The summed E-state index contributed by atoms with van der Waals surface area (Å²) in [5, 5.41) is 19.6. The van der Waals surface area contributed by atoms with Crippen LogP contribution >= 0.6 is 7.82 Å². The predicted octanol–water partition coefficient (Wildman–Crippen LogP) is -0.280. The molecule has 230 valence electrons. The summed E-state index contributed by atoms with van der Waals surface area (Å²) in [5.74, 6) is 4.00. The van der Waals surface area contributed by atoms with Gasteiger partial charge in [0.1, 0.15) is 24.0 Å². The zero-order valence-electron chi connectivity index (χ0n) is 23.2. The molecule has 0 saturated carbocycles. The number of methoxy groups -OCH3 is 1. The van der Waals surface area contributed by atoms with Gasteiger partial charge >= 0.3 is 19.5 Å². The Balaban J connectivity index is 1.60. The van der Waals surface area contributed by atoms with Crippen LogP contribution in [0.2, 0.25) is 0 Å². The number of unbranched alkanes of at least 4 members (excludes halogenated alkanes) is 2. The summed E-state index contributed by atoms with van der Waals surface area (Å²) in [5.41, 5.74) is -0.846. The van der Waals surface area contributed by atoms with Gasteiger partial charge in [0, 0.05) is 46.5 Å². The summed E-state index contributed by atoms with van der Waals surface area (Å²) < 4.78 is 34.7. The number of hydrogen-bond donors (Lipinski definition) is 4. The second-order valence-corrected chi connectivity index (χ2v) is 10.8. The highest BCUT2D eigenvalue weighted by atomic mass is 31.2. The molecule has 1 aliphatic rings. The predicted molar refractivity (Wildman–Crippen MR) is 143 cm³/mol. The Morgan fingerprint density at radius 3 is 2.74 bits per heavy atom. The normalized spacial score (nSPS) is 20.3. The van der Waals surface area contributed by atoms with Crippen molar-refractivity contribution in [2.75, 3.05) is 27.9 Å². The molecule has 1 amide bonds. The number of aliphatic carboxylic acids is 1. The van der Waals surface area contributed by atoms with Gasteiger partial charge in [-0.25, -0.2) is 18.8 Å². The lowest BCUT2D eigenvalue weighted by Crippen LogP contribution is -2.33. The van der Waals surface area contributed by atoms with Crippen LogP contribution in [0.4, 0.5) is 0 Å². The number of carbonyl (C=O) groups excluding carboxylic acids is 1. The van der Waals surface area contributed by atoms with Gasteiger partial charge in [-0.15, -0.1) is 5.10 Å². The smallest absolute Gasteiger partial charge is 0.472 e. The molecule has 0 aliphatic carbocycles. The maximum absolute atomic E-state index is 12.5. The van der Waals surface area contributed by atoms with Gasteiger partial charge < -0.3 is 24.8 Å². The first-order valence-electron chi connectivity index (χ1n) is 12.9. The number of hydrogen-bond acceptors (Lipinski definition) is 11. The van der Waals surface area contributed by atoms with Crippen molar-refractivity contribution in [3.05, 3.63) is 44.5 Å². The highest BCUT2D eigenvalue weighted by molar-refractivity contribution is 7.47. The molecule has 18 heteroatoms. The molecule has 1 saturated heterocycles. The maximum atomic E-state index is 12.5. The fraction of sp³-hybridized carbons (Fsp3) is 0.583. The van der Waals surface area contributed by atoms with Gasteiger partial charge in [0.05, 0.1) is 18.7 Å². The van der Waals surface area contributed by atoms with Gasteiger partial charge in [0.15, 0.2) is 6.04 Å². The Hall–Kier alpha value is -3.65. The van der Waals surface area contributed by atoms with E-state index in [1.54, 1.807) is 0 Å². The summed E-state index contributed by atoms with van der Waals surface area (Å²) in [6, 6.07) is -1.17. The molecule has 3 heterocycles. The molecule has 1 fully saturated rings. The van der Waals surface area contributed by atoms with Crippen molar-refractivity contribution in [1.29, 1.82) is 0 Å². The van der Waals surface area contributed by atoms with Gasteiger partial charge in [0.2, 0.25) is 5.91 Å². The minimum atomic E-state index is -4.34. The largest absolute Gasteiger partial charge is 0.480 e. The summed E-state index contributed by atoms with van der Waals surface area (Å²) >= 11 is 0. The number of amides is 1. The van der Waals surface area contributed by atoms with E-state index in [-0.39, 0.29) is 25.0 Å². The number of nitrogens with zero attached hydrogens (tertiary/aromatic N) is 4. The fourth-order valence-corrected chi connectivity index (χ4v) is 4.78. The first-order chi connectivity index (χ1) is 20.0. The van der Waals surface area contributed by atoms with Crippen molar-refractivity contribution in [2.45, 2.75) is 63.0 Å². The van der Waals surface area contributed by atoms with Crippen molar-refractivity contribution in [3.63, 3.8) is 0 Å². The van der Waals surface area contributed by atoms with Crippen LogP contribution in [0.1, 0.15) is 55.6 Å². The Morgan fingerprint density at radius 1 is 1.31 bits per heavy atom. The van der Waals surface area contributed by atoms with Gasteiger partial charge in [-0.1, -0.05) is 17.1 Å². The van der Waals surface area contributed by atoms with Crippen molar-refractivity contribution in [1.82, 2.24) is 29.9 Å². The quantitative estimate of drug-likeness (QED) is 0.122. The first kappa shape index (κ1) is 32.9. The van der Waals surface area contributed by atoms with E-state index in [9.17, 15) is 33.7 Å². The summed E-state index contributed by atoms with van der Waals surface area (Å²) in [6.07, 6.45) is 2.02. The van der Waals surface area contributed by atoms with Gasteiger partial charge in [0.25, 0.3) is 5.56 Å². The molecule has 0 spiro atoms. The number of phosphoric acid groups is 1. The number of phosphoric ester groups is 1. The minimum absolute atomic E-state index is 0.00435. The first-order valence-corrected chi connectivity index (χ1v) is 14.4. The van der Waals surface area contributed by atoms with Crippen LogP contribution in [0.15, 0.2) is 22.0 Å².